The van der Waals surface area contributed by atoms with E-state index < -0.39 is 0 Å². The molecular formula is C18H20N2O2. The average Bonchev–Trinajstić information content (AvgIpc) is 2.95. The normalized spacial score (nSPS) is 12.4. The number of anilines is 2. The van der Waals surface area contributed by atoms with E-state index in [1.807, 2.05) is 49.4 Å². The van der Waals surface area contributed by atoms with Gasteiger partial charge in [-0.25, -0.2) is 0 Å². The minimum Gasteiger partial charge on any atom is -0.493 e. The number of hydrogen-bond acceptors (Lipinski definition) is 3. The van der Waals surface area contributed by atoms with Crippen molar-refractivity contribution in [1.82, 2.24) is 0 Å². The fourth-order valence-electron chi connectivity index (χ4n) is 2.57. The molecule has 0 radical (unpaired) electrons. The number of benzene rings is 2. The summed E-state index contributed by atoms with van der Waals surface area (Å²) in [5.41, 5.74) is 4.42. The molecule has 0 fully saturated rings. The highest BCUT2D eigenvalue weighted by Crippen LogP contribution is 2.25. The van der Waals surface area contributed by atoms with E-state index in [2.05, 4.69) is 10.6 Å². The van der Waals surface area contributed by atoms with E-state index in [4.69, 9.17) is 4.74 Å². The summed E-state index contributed by atoms with van der Waals surface area (Å²) in [6.07, 6.45) is 1.35. The first kappa shape index (κ1) is 14.4. The quantitative estimate of drug-likeness (QED) is 0.889. The summed E-state index contributed by atoms with van der Waals surface area (Å²) in [5.74, 6) is 0.773. The zero-order valence-corrected chi connectivity index (χ0v) is 12.7. The molecule has 4 nitrogen and oxygen atoms in total. The molecule has 0 aromatic heterocycles. The van der Waals surface area contributed by atoms with Crippen LogP contribution in [0.4, 0.5) is 11.4 Å². The van der Waals surface area contributed by atoms with Gasteiger partial charge in [-0.05, 0) is 54.8 Å². The zero-order valence-electron chi connectivity index (χ0n) is 12.7. The predicted octanol–water partition coefficient (Wildman–Crippen LogP) is 3.37. The van der Waals surface area contributed by atoms with Crippen LogP contribution < -0.4 is 15.4 Å². The molecule has 0 spiro atoms. The Morgan fingerprint density at radius 2 is 2.18 bits per heavy atom. The largest absolute Gasteiger partial charge is 0.493 e. The number of nitrogens with one attached hydrogen (secondary N) is 2. The molecule has 0 atom stereocenters. The molecule has 0 aliphatic carbocycles. The van der Waals surface area contributed by atoms with Gasteiger partial charge in [0.1, 0.15) is 5.75 Å². The number of carbonyl (C=O) groups is 1. The van der Waals surface area contributed by atoms with Crippen LogP contribution in [0.5, 0.6) is 5.75 Å². The molecule has 0 saturated heterocycles. The molecule has 2 N–H and O–H groups in total. The van der Waals surface area contributed by atoms with E-state index in [0.717, 1.165) is 30.0 Å². The Balaban J connectivity index is 1.48. The summed E-state index contributed by atoms with van der Waals surface area (Å²) >= 11 is 0. The highest BCUT2D eigenvalue weighted by Gasteiger charge is 2.11. The molecule has 0 unspecified atom stereocenters. The lowest BCUT2D eigenvalue weighted by Gasteiger charge is -2.09. The van der Waals surface area contributed by atoms with E-state index in [1.54, 1.807) is 0 Å². The second-order valence-corrected chi connectivity index (χ2v) is 5.51. The first-order valence-corrected chi connectivity index (χ1v) is 7.57. The van der Waals surface area contributed by atoms with Gasteiger partial charge in [0.25, 0.3) is 0 Å². The third-order valence-electron chi connectivity index (χ3n) is 3.69. The van der Waals surface area contributed by atoms with Crippen molar-refractivity contribution in [2.45, 2.75) is 19.8 Å². The Hall–Kier alpha value is -2.49. The standard InChI is InChI=1S/C18H20N2O2/c1-13-3-2-4-16(11-13)22-10-8-18(21)20-15-5-6-17-14(12-15)7-9-19-17/h2-6,11-12,19H,7-10H2,1H3,(H,20,21). The lowest BCUT2D eigenvalue weighted by Crippen LogP contribution is -2.15. The maximum atomic E-state index is 12.0. The van der Waals surface area contributed by atoms with Crippen molar-refractivity contribution < 1.29 is 9.53 Å². The Bertz CT molecular complexity index is 683. The minimum atomic E-state index is -0.0291. The molecule has 22 heavy (non-hydrogen) atoms. The van der Waals surface area contributed by atoms with Gasteiger partial charge in [-0.2, -0.15) is 0 Å². The van der Waals surface area contributed by atoms with Crippen LogP contribution in [0.2, 0.25) is 0 Å². The van der Waals surface area contributed by atoms with Gasteiger partial charge < -0.3 is 15.4 Å². The third-order valence-corrected chi connectivity index (χ3v) is 3.69. The number of carbonyl (C=O) groups excluding carboxylic acids is 1. The average molecular weight is 296 g/mol. The summed E-state index contributed by atoms with van der Waals surface area (Å²) in [7, 11) is 0. The molecule has 1 aliphatic heterocycles. The summed E-state index contributed by atoms with van der Waals surface area (Å²) in [6, 6.07) is 13.8. The fourth-order valence-corrected chi connectivity index (χ4v) is 2.57. The van der Waals surface area contributed by atoms with Crippen LogP contribution in [0.25, 0.3) is 0 Å². The maximum absolute atomic E-state index is 12.0. The monoisotopic (exact) mass is 296 g/mol. The second kappa shape index (κ2) is 6.52. The molecule has 4 heteroatoms. The minimum absolute atomic E-state index is 0.0291. The second-order valence-electron chi connectivity index (χ2n) is 5.51. The highest BCUT2D eigenvalue weighted by atomic mass is 16.5. The van der Waals surface area contributed by atoms with Crippen molar-refractivity contribution in [1.29, 1.82) is 0 Å². The van der Waals surface area contributed by atoms with Crippen LogP contribution in [0, 0.1) is 6.92 Å². The van der Waals surface area contributed by atoms with E-state index >= 15 is 0 Å². The van der Waals surface area contributed by atoms with Crippen LogP contribution in [0.1, 0.15) is 17.5 Å². The number of fused-ring (bicyclic) bond motifs is 1. The number of amides is 1. The molecule has 1 amide bonds. The van der Waals surface area contributed by atoms with Gasteiger partial charge in [-0.15, -0.1) is 0 Å². The molecule has 114 valence electrons. The summed E-state index contributed by atoms with van der Waals surface area (Å²) in [4.78, 5) is 12.0. The summed E-state index contributed by atoms with van der Waals surface area (Å²) in [6.45, 7) is 3.36. The van der Waals surface area contributed by atoms with Gasteiger partial charge in [0.15, 0.2) is 0 Å². The van der Waals surface area contributed by atoms with Gasteiger partial charge in [0.2, 0.25) is 5.91 Å². The van der Waals surface area contributed by atoms with Gasteiger partial charge in [0, 0.05) is 17.9 Å². The SMILES string of the molecule is Cc1cccc(OCCC(=O)Nc2ccc3c(c2)CCN3)c1. The Kier molecular flexibility index (Phi) is 4.28. The Morgan fingerprint density at radius 1 is 1.27 bits per heavy atom. The molecular weight excluding hydrogens is 276 g/mol. The molecule has 2 aromatic carbocycles. The van der Waals surface area contributed by atoms with Crippen molar-refractivity contribution in [3.63, 3.8) is 0 Å². The predicted molar refractivity (Wildman–Crippen MR) is 88.6 cm³/mol. The number of aryl methyl sites for hydroxylation is 1. The van der Waals surface area contributed by atoms with Crippen molar-refractivity contribution in [3.8, 4) is 5.75 Å². The lowest BCUT2D eigenvalue weighted by molar-refractivity contribution is -0.116. The first-order chi connectivity index (χ1) is 10.7. The molecule has 1 heterocycles. The Morgan fingerprint density at radius 3 is 3.05 bits per heavy atom. The highest BCUT2D eigenvalue weighted by molar-refractivity contribution is 5.91. The van der Waals surface area contributed by atoms with Gasteiger partial charge >= 0.3 is 0 Å². The van der Waals surface area contributed by atoms with Crippen LogP contribution in [-0.4, -0.2) is 19.1 Å². The summed E-state index contributed by atoms with van der Waals surface area (Å²) < 4.78 is 5.60. The summed E-state index contributed by atoms with van der Waals surface area (Å²) in [5, 5.41) is 6.23. The lowest BCUT2D eigenvalue weighted by atomic mass is 10.1. The molecule has 1 aliphatic rings. The van der Waals surface area contributed by atoms with Gasteiger partial charge in [0.05, 0.1) is 13.0 Å². The van der Waals surface area contributed by atoms with E-state index in [0.29, 0.717) is 13.0 Å². The van der Waals surface area contributed by atoms with Crippen molar-refractivity contribution in [2.24, 2.45) is 0 Å². The molecule has 2 aromatic rings. The zero-order chi connectivity index (χ0) is 15.4. The van der Waals surface area contributed by atoms with Gasteiger partial charge in [-0.1, -0.05) is 12.1 Å². The number of hydrogen-bond donors (Lipinski definition) is 2. The van der Waals surface area contributed by atoms with E-state index in [1.165, 1.54) is 11.3 Å². The van der Waals surface area contributed by atoms with E-state index in [-0.39, 0.29) is 5.91 Å². The topological polar surface area (TPSA) is 50.4 Å². The Labute approximate surface area is 130 Å². The first-order valence-electron chi connectivity index (χ1n) is 7.57. The van der Waals surface area contributed by atoms with E-state index in [9.17, 15) is 4.79 Å². The van der Waals surface area contributed by atoms with Crippen LogP contribution in [0.15, 0.2) is 42.5 Å². The van der Waals surface area contributed by atoms with Crippen LogP contribution >= 0.6 is 0 Å². The molecule has 0 bridgehead atoms. The number of rotatable bonds is 5. The van der Waals surface area contributed by atoms with Crippen molar-refractivity contribution >= 4 is 17.3 Å². The smallest absolute Gasteiger partial charge is 0.227 e. The maximum Gasteiger partial charge on any atom is 0.227 e. The third kappa shape index (κ3) is 3.58. The molecule has 0 saturated carbocycles. The van der Waals surface area contributed by atoms with Crippen LogP contribution in [-0.2, 0) is 11.2 Å². The van der Waals surface area contributed by atoms with Crippen LogP contribution in [0.3, 0.4) is 0 Å². The van der Waals surface area contributed by atoms with Crippen molar-refractivity contribution in [3.05, 3.63) is 53.6 Å². The fraction of sp³-hybridized carbons (Fsp3) is 0.278. The van der Waals surface area contributed by atoms with Gasteiger partial charge in [-0.3, -0.25) is 4.79 Å². The van der Waals surface area contributed by atoms with Crippen molar-refractivity contribution in [2.75, 3.05) is 23.8 Å². The molecule has 3 rings (SSSR count). The number of ether oxygens (including phenoxy) is 1.